The smallest absolute Gasteiger partial charge is 0.245 e. The first-order valence-corrected chi connectivity index (χ1v) is 11.2. The average Bonchev–Trinajstić information content (AvgIpc) is 3.21. The number of hydrogen-bond acceptors (Lipinski definition) is 6. The van der Waals surface area contributed by atoms with Crippen molar-refractivity contribution in [2.24, 2.45) is 0 Å². The molecule has 0 aliphatic heterocycles. The molecule has 6 nitrogen and oxygen atoms in total. The molecule has 2 N–H and O–H groups in total. The number of rotatable bonds is 5. The molecule has 0 saturated heterocycles. The molecule has 2 heterocycles. The molecule has 0 unspecified atom stereocenters. The van der Waals surface area contributed by atoms with Gasteiger partial charge in [0.25, 0.3) is 0 Å². The molecule has 150 valence electrons. The molecule has 1 saturated carbocycles. The number of aromatic amines is 1. The molecule has 1 fully saturated rings. The number of nitrogens with zero attached hydrogens (tertiary/aromatic N) is 3. The van der Waals surface area contributed by atoms with Crippen LogP contribution in [0.1, 0.15) is 51.5 Å². The molecule has 3 aromatic rings. The lowest BCUT2D eigenvalue weighted by molar-refractivity contribution is 0.150. The van der Waals surface area contributed by atoms with Gasteiger partial charge in [-0.15, -0.1) is 11.8 Å². The van der Waals surface area contributed by atoms with E-state index in [0.717, 1.165) is 29.6 Å². The fourth-order valence-electron chi connectivity index (χ4n) is 3.31. The van der Waals surface area contributed by atoms with Crippen LogP contribution >= 0.6 is 11.8 Å². The van der Waals surface area contributed by atoms with Gasteiger partial charge in [-0.25, -0.2) is 4.98 Å². The average molecular weight is 400 g/mol. The molecule has 0 radical (unpaired) electrons. The van der Waals surface area contributed by atoms with Crippen molar-refractivity contribution < 1.29 is 4.74 Å². The van der Waals surface area contributed by atoms with Crippen molar-refractivity contribution in [3.05, 3.63) is 30.1 Å². The molecule has 1 aromatic carbocycles. The minimum Gasteiger partial charge on any atom is -0.473 e. The first-order valence-electron chi connectivity index (χ1n) is 10.0. The molecule has 0 atom stereocenters. The summed E-state index contributed by atoms with van der Waals surface area (Å²) in [6, 6.07) is 6.30. The van der Waals surface area contributed by atoms with Crippen LogP contribution in [0.25, 0.3) is 11.2 Å². The number of benzene rings is 1. The van der Waals surface area contributed by atoms with Gasteiger partial charge in [0.15, 0.2) is 5.65 Å². The maximum Gasteiger partial charge on any atom is 0.245 e. The Morgan fingerprint density at radius 3 is 2.64 bits per heavy atom. The topological polar surface area (TPSA) is 75.7 Å². The highest BCUT2D eigenvalue weighted by atomic mass is 32.2. The van der Waals surface area contributed by atoms with Crippen molar-refractivity contribution in [2.75, 3.05) is 11.6 Å². The number of ether oxygens (including phenoxy) is 1. The molecule has 1 aliphatic rings. The van der Waals surface area contributed by atoms with Crippen LogP contribution in [-0.4, -0.2) is 32.3 Å². The first kappa shape index (κ1) is 20.5. The minimum atomic E-state index is 0.223. The second-order valence-corrected chi connectivity index (χ2v) is 7.52. The van der Waals surface area contributed by atoms with Crippen LogP contribution < -0.4 is 10.1 Å². The van der Waals surface area contributed by atoms with Gasteiger partial charge in [0, 0.05) is 10.6 Å². The predicted octanol–water partition coefficient (Wildman–Crippen LogP) is 5.86. The molecule has 0 spiro atoms. The van der Waals surface area contributed by atoms with E-state index in [1.165, 1.54) is 24.2 Å². The van der Waals surface area contributed by atoms with Gasteiger partial charge in [0.1, 0.15) is 11.6 Å². The largest absolute Gasteiger partial charge is 0.473 e. The molecule has 1 aliphatic carbocycles. The number of H-pyrrole nitrogens is 1. The number of aromatic nitrogens is 4. The van der Waals surface area contributed by atoms with Crippen molar-refractivity contribution in [3.63, 3.8) is 0 Å². The summed E-state index contributed by atoms with van der Waals surface area (Å²) in [5, 5.41) is 3.32. The standard InChI is InChI=1S/C19H23N5OS.C2H6/c1-12-10-14(26-2)8-9-15(12)22-19-23-17-16(20-11-21-17)18(24-19)25-13-6-4-3-5-7-13;1-2/h8-11,13H,3-7H2,1-2H3,(H2,20,21,22,23,24);1-2H3. The quantitative estimate of drug-likeness (QED) is 0.523. The summed E-state index contributed by atoms with van der Waals surface area (Å²) >= 11 is 1.73. The van der Waals surface area contributed by atoms with Gasteiger partial charge in [-0.2, -0.15) is 9.97 Å². The zero-order valence-electron chi connectivity index (χ0n) is 17.1. The van der Waals surface area contributed by atoms with Crippen molar-refractivity contribution in [1.82, 2.24) is 19.9 Å². The van der Waals surface area contributed by atoms with E-state index in [-0.39, 0.29) is 6.10 Å². The molecule has 7 heteroatoms. The molecular weight excluding hydrogens is 370 g/mol. The van der Waals surface area contributed by atoms with E-state index >= 15 is 0 Å². The van der Waals surface area contributed by atoms with E-state index in [1.807, 2.05) is 13.8 Å². The summed E-state index contributed by atoms with van der Waals surface area (Å²) in [5.74, 6) is 1.09. The minimum absolute atomic E-state index is 0.223. The van der Waals surface area contributed by atoms with E-state index in [9.17, 15) is 0 Å². The summed E-state index contributed by atoms with van der Waals surface area (Å²) in [7, 11) is 0. The highest BCUT2D eigenvalue weighted by Crippen LogP contribution is 2.29. The second-order valence-electron chi connectivity index (χ2n) is 6.64. The van der Waals surface area contributed by atoms with Crippen molar-refractivity contribution in [3.8, 4) is 5.88 Å². The maximum absolute atomic E-state index is 6.21. The van der Waals surface area contributed by atoms with Gasteiger partial charge in [-0.05, 0) is 62.6 Å². The van der Waals surface area contributed by atoms with Crippen LogP contribution in [0.2, 0.25) is 0 Å². The normalized spacial score (nSPS) is 14.4. The summed E-state index contributed by atoms with van der Waals surface area (Å²) in [5.41, 5.74) is 3.51. The van der Waals surface area contributed by atoms with E-state index in [2.05, 4.69) is 56.6 Å². The van der Waals surface area contributed by atoms with Crippen molar-refractivity contribution >= 4 is 34.6 Å². The Balaban J connectivity index is 0.00000109. The molecular formula is C21H29N5OS. The number of nitrogens with one attached hydrogen (secondary N) is 2. The van der Waals surface area contributed by atoms with Crippen molar-refractivity contribution in [1.29, 1.82) is 0 Å². The van der Waals surface area contributed by atoms with Crippen LogP contribution in [0, 0.1) is 6.92 Å². The Hall–Kier alpha value is -2.28. The third kappa shape index (κ3) is 4.76. The van der Waals surface area contributed by atoms with Crippen LogP contribution in [0.5, 0.6) is 5.88 Å². The number of fused-ring (bicyclic) bond motifs is 1. The summed E-state index contributed by atoms with van der Waals surface area (Å²) in [4.78, 5) is 17.8. The maximum atomic E-state index is 6.21. The van der Waals surface area contributed by atoms with Gasteiger partial charge in [-0.3, -0.25) is 0 Å². The van der Waals surface area contributed by atoms with E-state index in [1.54, 1.807) is 18.1 Å². The monoisotopic (exact) mass is 399 g/mol. The number of thioether (sulfide) groups is 1. The highest BCUT2D eigenvalue weighted by Gasteiger charge is 2.19. The third-order valence-corrected chi connectivity index (χ3v) is 5.49. The van der Waals surface area contributed by atoms with Gasteiger partial charge in [0.05, 0.1) is 6.33 Å². The molecule has 28 heavy (non-hydrogen) atoms. The second kappa shape index (κ2) is 9.78. The molecule has 0 amide bonds. The lowest BCUT2D eigenvalue weighted by Gasteiger charge is -2.22. The van der Waals surface area contributed by atoms with Gasteiger partial charge < -0.3 is 15.0 Å². The molecule has 2 aromatic heterocycles. The van der Waals surface area contributed by atoms with Gasteiger partial charge in [0.2, 0.25) is 11.8 Å². The zero-order valence-corrected chi connectivity index (χ0v) is 17.9. The number of imidazole rings is 1. The fraction of sp³-hybridized carbons (Fsp3) is 0.476. The fourth-order valence-corrected chi connectivity index (χ4v) is 3.81. The molecule has 4 rings (SSSR count). The van der Waals surface area contributed by atoms with Crippen LogP contribution in [0.3, 0.4) is 0 Å². The number of aryl methyl sites for hydroxylation is 1. The van der Waals surface area contributed by atoms with E-state index in [4.69, 9.17) is 4.74 Å². The Morgan fingerprint density at radius 2 is 1.93 bits per heavy atom. The van der Waals surface area contributed by atoms with Crippen molar-refractivity contribution in [2.45, 2.75) is 63.9 Å². The summed E-state index contributed by atoms with van der Waals surface area (Å²) < 4.78 is 6.21. The SMILES string of the molecule is CC.CSc1ccc(Nc2nc(OC3CCCCC3)c3[nH]cnc3n2)c(C)c1. The number of anilines is 2. The van der Waals surface area contributed by atoms with Crippen LogP contribution in [-0.2, 0) is 0 Å². The van der Waals surface area contributed by atoms with Gasteiger partial charge >= 0.3 is 0 Å². The Labute approximate surface area is 170 Å². The van der Waals surface area contributed by atoms with Crippen LogP contribution in [0.15, 0.2) is 29.4 Å². The Bertz CT molecular complexity index is 905. The zero-order chi connectivity index (χ0) is 19.9. The van der Waals surface area contributed by atoms with Gasteiger partial charge in [-0.1, -0.05) is 20.3 Å². The molecule has 0 bridgehead atoms. The number of hydrogen-bond donors (Lipinski definition) is 2. The lowest BCUT2D eigenvalue weighted by Crippen LogP contribution is -2.20. The summed E-state index contributed by atoms with van der Waals surface area (Å²) in [6.45, 7) is 6.08. The lowest BCUT2D eigenvalue weighted by atomic mass is 9.98. The van der Waals surface area contributed by atoms with E-state index in [0.29, 0.717) is 17.5 Å². The van der Waals surface area contributed by atoms with Crippen LogP contribution in [0.4, 0.5) is 11.6 Å². The highest BCUT2D eigenvalue weighted by molar-refractivity contribution is 7.98. The Morgan fingerprint density at radius 1 is 1.14 bits per heavy atom. The Kier molecular flexibility index (Phi) is 7.14. The predicted molar refractivity (Wildman–Crippen MR) is 117 cm³/mol. The summed E-state index contributed by atoms with van der Waals surface area (Å²) in [6.07, 6.45) is 9.82. The third-order valence-electron chi connectivity index (χ3n) is 4.76. The van der Waals surface area contributed by atoms with E-state index < -0.39 is 0 Å². The first-order chi connectivity index (χ1) is 13.7.